The van der Waals surface area contributed by atoms with E-state index in [0.29, 0.717) is 5.75 Å². The summed E-state index contributed by atoms with van der Waals surface area (Å²) in [6, 6.07) is 15.5. The minimum absolute atomic E-state index is 0.0362. The van der Waals surface area contributed by atoms with Crippen molar-refractivity contribution < 1.29 is 9.59 Å². The first-order valence-electron chi connectivity index (χ1n) is 9.51. The Morgan fingerprint density at radius 1 is 1.00 bits per heavy atom. The minimum atomic E-state index is -0.0362. The van der Waals surface area contributed by atoms with Gasteiger partial charge in [-0.1, -0.05) is 43.5 Å². The fourth-order valence-corrected chi connectivity index (χ4v) is 4.08. The number of thioether (sulfide) groups is 1. The second-order valence-corrected chi connectivity index (χ2v) is 8.05. The van der Waals surface area contributed by atoms with Crippen LogP contribution in [0.3, 0.4) is 0 Å². The number of benzene rings is 2. The van der Waals surface area contributed by atoms with Crippen molar-refractivity contribution in [1.29, 1.82) is 0 Å². The zero-order chi connectivity index (χ0) is 19.1. The normalized spacial score (nSPS) is 14.6. The number of hydrogen-bond acceptors (Lipinski definition) is 3. The van der Waals surface area contributed by atoms with E-state index in [0.717, 1.165) is 47.5 Å². The van der Waals surface area contributed by atoms with Crippen molar-refractivity contribution in [2.45, 2.75) is 43.9 Å². The summed E-state index contributed by atoms with van der Waals surface area (Å²) >= 11 is 1.47. The number of rotatable bonds is 6. The summed E-state index contributed by atoms with van der Waals surface area (Å²) in [7, 11) is 0. The lowest BCUT2D eigenvalue weighted by atomic mass is 9.88. The highest BCUT2D eigenvalue weighted by Crippen LogP contribution is 2.26. The van der Waals surface area contributed by atoms with E-state index in [1.165, 1.54) is 18.2 Å². The van der Waals surface area contributed by atoms with Crippen LogP contribution in [0.2, 0.25) is 0 Å². The average molecular weight is 383 g/mol. The van der Waals surface area contributed by atoms with Gasteiger partial charge in [0.15, 0.2) is 0 Å². The fourth-order valence-electron chi connectivity index (χ4n) is 3.32. The van der Waals surface area contributed by atoms with E-state index in [4.69, 9.17) is 0 Å². The van der Waals surface area contributed by atoms with Crippen molar-refractivity contribution in [3.63, 3.8) is 0 Å². The van der Waals surface area contributed by atoms with Crippen LogP contribution in [0, 0.1) is 12.8 Å². The highest BCUT2D eigenvalue weighted by atomic mass is 32.2. The van der Waals surface area contributed by atoms with Gasteiger partial charge in [0.05, 0.1) is 5.75 Å². The van der Waals surface area contributed by atoms with Gasteiger partial charge in [-0.15, -0.1) is 11.8 Å². The molecule has 0 aromatic heterocycles. The molecular formula is C22H26N2O2S. The van der Waals surface area contributed by atoms with Gasteiger partial charge in [-0.3, -0.25) is 9.59 Å². The van der Waals surface area contributed by atoms with Crippen LogP contribution in [-0.4, -0.2) is 17.6 Å². The number of aryl methyl sites for hydroxylation is 1. The molecule has 1 aliphatic carbocycles. The predicted octanol–water partition coefficient (Wildman–Crippen LogP) is 5.24. The third-order valence-electron chi connectivity index (χ3n) is 4.87. The highest BCUT2D eigenvalue weighted by Gasteiger charge is 2.21. The van der Waals surface area contributed by atoms with E-state index < -0.39 is 0 Å². The molecule has 2 aromatic rings. The van der Waals surface area contributed by atoms with Gasteiger partial charge in [0.2, 0.25) is 11.8 Å². The Hall–Kier alpha value is -2.27. The SMILES string of the molecule is Cc1ccccc1NC(=O)CSc1cccc(NC(=O)C2CCCCC2)c1. The summed E-state index contributed by atoms with van der Waals surface area (Å²) in [5.74, 6) is 0.545. The third-order valence-corrected chi connectivity index (χ3v) is 5.86. The lowest BCUT2D eigenvalue weighted by Gasteiger charge is -2.20. The molecule has 1 fully saturated rings. The van der Waals surface area contributed by atoms with Crippen LogP contribution in [0.15, 0.2) is 53.4 Å². The van der Waals surface area contributed by atoms with Crippen molar-refractivity contribution in [2.24, 2.45) is 5.92 Å². The van der Waals surface area contributed by atoms with Crippen molar-refractivity contribution in [2.75, 3.05) is 16.4 Å². The van der Waals surface area contributed by atoms with E-state index in [2.05, 4.69) is 10.6 Å². The van der Waals surface area contributed by atoms with Gasteiger partial charge in [-0.05, 0) is 49.6 Å². The molecule has 4 nitrogen and oxygen atoms in total. The first kappa shape index (κ1) is 19.5. The maximum absolute atomic E-state index is 12.4. The first-order valence-corrected chi connectivity index (χ1v) is 10.5. The molecule has 0 spiro atoms. The molecule has 0 unspecified atom stereocenters. The third kappa shape index (κ3) is 5.86. The highest BCUT2D eigenvalue weighted by molar-refractivity contribution is 8.00. The molecule has 142 valence electrons. The standard InChI is InChI=1S/C22H26N2O2S/c1-16-8-5-6-13-20(16)24-21(25)15-27-19-12-7-11-18(14-19)23-22(26)17-9-3-2-4-10-17/h5-8,11-14,17H,2-4,9-10,15H2,1H3,(H,23,26)(H,24,25). The monoisotopic (exact) mass is 382 g/mol. The van der Waals surface area contributed by atoms with Gasteiger partial charge >= 0.3 is 0 Å². The van der Waals surface area contributed by atoms with E-state index >= 15 is 0 Å². The molecule has 0 aliphatic heterocycles. The second kappa shape index (κ2) is 9.60. The van der Waals surface area contributed by atoms with Crippen LogP contribution >= 0.6 is 11.8 Å². The number of anilines is 2. The molecule has 2 amide bonds. The summed E-state index contributed by atoms with van der Waals surface area (Å²) in [4.78, 5) is 25.6. The molecule has 27 heavy (non-hydrogen) atoms. The lowest BCUT2D eigenvalue weighted by Crippen LogP contribution is -2.24. The topological polar surface area (TPSA) is 58.2 Å². The Morgan fingerprint density at radius 3 is 2.56 bits per heavy atom. The summed E-state index contributed by atoms with van der Waals surface area (Å²) < 4.78 is 0. The zero-order valence-corrected chi connectivity index (χ0v) is 16.5. The van der Waals surface area contributed by atoms with Crippen molar-refractivity contribution in [3.8, 4) is 0 Å². The largest absolute Gasteiger partial charge is 0.326 e. The average Bonchev–Trinajstić information content (AvgIpc) is 2.69. The Kier molecular flexibility index (Phi) is 6.93. The van der Waals surface area contributed by atoms with Gasteiger partial charge in [-0.2, -0.15) is 0 Å². The number of hydrogen-bond donors (Lipinski definition) is 2. The second-order valence-electron chi connectivity index (χ2n) is 7.00. The molecule has 0 atom stereocenters. The summed E-state index contributed by atoms with van der Waals surface area (Å²) in [6.45, 7) is 1.97. The molecule has 2 N–H and O–H groups in total. The molecule has 2 aromatic carbocycles. The van der Waals surface area contributed by atoms with Crippen LogP contribution in [-0.2, 0) is 9.59 Å². The molecule has 0 bridgehead atoms. The van der Waals surface area contributed by atoms with Crippen LogP contribution < -0.4 is 10.6 Å². The van der Waals surface area contributed by atoms with Gasteiger partial charge in [0.25, 0.3) is 0 Å². The molecular weight excluding hydrogens is 356 g/mol. The van der Waals surface area contributed by atoms with Crippen molar-refractivity contribution >= 4 is 35.0 Å². The number of amides is 2. The molecule has 1 saturated carbocycles. The smallest absolute Gasteiger partial charge is 0.234 e. The molecule has 0 heterocycles. The van der Waals surface area contributed by atoms with Crippen molar-refractivity contribution in [3.05, 3.63) is 54.1 Å². The Morgan fingerprint density at radius 2 is 1.78 bits per heavy atom. The molecule has 1 aliphatic rings. The van der Waals surface area contributed by atoms with Gasteiger partial charge in [0.1, 0.15) is 0 Å². The summed E-state index contributed by atoms with van der Waals surface area (Å²) in [5.41, 5.74) is 2.69. The first-order chi connectivity index (χ1) is 13.1. The van der Waals surface area contributed by atoms with E-state index in [-0.39, 0.29) is 17.7 Å². The Balaban J connectivity index is 1.52. The van der Waals surface area contributed by atoms with E-state index in [1.807, 2.05) is 55.5 Å². The molecule has 3 rings (SSSR count). The maximum atomic E-state index is 12.4. The quantitative estimate of drug-likeness (QED) is 0.671. The Labute approximate surface area is 165 Å². The van der Waals surface area contributed by atoms with Crippen LogP contribution in [0.1, 0.15) is 37.7 Å². The molecule has 5 heteroatoms. The zero-order valence-electron chi connectivity index (χ0n) is 15.7. The van der Waals surface area contributed by atoms with Crippen LogP contribution in [0.5, 0.6) is 0 Å². The maximum Gasteiger partial charge on any atom is 0.234 e. The summed E-state index contributed by atoms with van der Waals surface area (Å²) in [5, 5.41) is 5.97. The minimum Gasteiger partial charge on any atom is -0.326 e. The van der Waals surface area contributed by atoms with Gasteiger partial charge in [0, 0.05) is 22.2 Å². The number of carbonyl (C=O) groups is 2. The van der Waals surface area contributed by atoms with Gasteiger partial charge < -0.3 is 10.6 Å². The molecule has 0 saturated heterocycles. The predicted molar refractivity (Wildman–Crippen MR) is 112 cm³/mol. The summed E-state index contributed by atoms with van der Waals surface area (Å²) in [6.07, 6.45) is 5.49. The van der Waals surface area contributed by atoms with Crippen LogP contribution in [0.4, 0.5) is 11.4 Å². The van der Waals surface area contributed by atoms with Gasteiger partial charge in [-0.25, -0.2) is 0 Å². The fraction of sp³-hybridized carbons (Fsp3) is 0.364. The molecule has 0 radical (unpaired) electrons. The van der Waals surface area contributed by atoms with E-state index in [1.54, 1.807) is 0 Å². The number of carbonyl (C=O) groups excluding carboxylic acids is 2. The number of para-hydroxylation sites is 1. The Bertz CT molecular complexity index is 800. The van der Waals surface area contributed by atoms with Crippen LogP contribution in [0.25, 0.3) is 0 Å². The lowest BCUT2D eigenvalue weighted by molar-refractivity contribution is -0.120. The number of nitrogens with one attached hydrogen (secondary N) is 2. The van der Waals surface area contributed by atoms with Crippen molar-refractivity contribution in [1.82, 2.24) is 0 Å². The van der Waals surface area contributed by atoms with E-state index in [9.17, 15) is 9.59 Å².